The van der Waals surface area contributed by atoms with Crippen LogP contribution >= 0.6 is 0 Å². The number of carbonyl (C=O) groups is 1. The molecule has 3 aromatic rings. The number of anilines is 1. The number of carbonyl (C=O) groups excluding carboxylic acids is 1. The van der Waals surface area contributed by atoms with Crippen LogP contribution in [0.15, 0.2) is 60.8 Å². The summed E-state index contributed by atoms with van der Waals surface area (Å²) in [6, 6.07) is 18.5. The molecule has 0 bridgehead atoms. The smallest absolute Gasteiger partial charge is 0.407 e. The second-order valence-corrected chi connectivity index (χ2v) is 13.8. The fourth-order valence-corrected chi connectivity index (χ4v) is 5.73. The van der Waals surface area contributed by atoms with Crippen molar-refractivity contribution < 1.29 is 23.7 Å². The monoisotopic (exact) mass is 586 g/mol. The molecule has 1 spiro atoms. The molecule has 0 unspecified atom stereocenters. The van der Waals surface area contributed by atoms with Gasteiger partial charge in [0.15, 0.2) is 0 Å². The SMILES string of the molecule is CC(C)(C)NC(=O)OC1CC(Oc2ccc(C(C)(C)c3ccc(OCc4ccnc(N5CC6(COC6)C5)n4)cc3)cc2)C1. The first kappa shape index (κ1) is 29.2. The standard InChI is InChI=1S/C34H42N4O5/c1-32(2,3)37-31(39)43-29-16-28(17-29)42-27-12-8-24(9-13-27)33(4,5)23-6-10-26(11-7-23)41-18-25-14-15-35-30(36-25)38-19-34(20-38)21-40-22-34/h6-15,28-29H,16-22H2,1-5H3,(H,37,39). The van der Waals surface area contributed by atoms with Crippen LogP contribution in [0.4, 0.5) is 10.7 Å². The Morgan fingerprint density at radius 3 is 2.14 bits per heavy atom. The van der Waals surface area contributed by atoms with E-state index in [0.717, 1.165) is 49.4 Å². The molecule has 0 radical (unpaired) electrons. The van der Waals surface area contributed by atoms with E-state index in [4.69, 9.17) is 23.9 Å². The molecular weight excluding hydrogens is 544 g/mol. The van der Waals surface area contributed by atoms with Gasteiger partial charge in [-0.25, -0.2) is 14.8 Å². The summed E-state index contributed by atoms with van der Waals surface area (Å²) in [5, 5.41) is 2.83. The van der Waals surface area contributed by atoms with Gasteiger partial charge in [0.2, 0.25) is 5.95 Å². The van der Waals surface area contributed by atoms with Crippen molar-refractivity contribution in [2.45, 2.75) is 77.2 Å². The molecule has 9 heteroatoms. The number of hydrogen-bond donors (Lipinski definition) is 1. The molecule has 3 fully saturated rings. The molecular formula is C34H42N4O5. The highest BCUT2D eigenvalue weighted by Crippen LogP contribution is 2.39. The largest absolute Gasteiger partial charge is 0.490 e. The number of nitrogens with one attached hydrogen (secondary N) is 1. The zero-order chi connectivity index (χ0) is 30.2. The first-order valence-electron chi connectivity index (χ1n) is 15.1. The van der Waals surface area contributed by atoms with Crippen LogP contribution in [0.25, 0.3) is 0 Å². The maximum Gasteiger partial charge on any atom is 0.407 e. The highest BCUT2D eigenvalue weighted by molar-refractivity contribution is 5.68. The van der Waals surface area contributed by atoms with Gasteiger partial charge in [0, 0.05) is 43.1 Å². The van der Waals surface area contributed by atoms with Crippen molar-refractivity contribution in [1.82, 2.24) is 15.3 Å². The molecule has 1 aliphatic carbocycles. The maximum absolute atomic E-state index is 12.0. The summed E-state index contributed by atoms with van der Waals surface area (Å²) in [4.78, 5) is 23.3. The van der Waals surface area contributed by atoms with Crippen molar-refractivity contribution in [1.29, 1.82) is 0 Å². The molecule has 1 amide bonds. The molecule has 2 saturated heterocycles. The Hall–Kier alpha value is -3.85. The summed E-state index contributed by atoms with van der Waals surface area (Å²) >= 11 is 0. The second-order valence-electron chi connectivity index (χ2n) is 13.8. The zero-order valence-electron chi connectivity index (χ0n) is 25.8. The zero-order valence-corrected chi connectivity index (χ0v) is 25.8. The molecule has 2 aromatic carbocycles. The molecule has 6 rings (SSSR count). The van der Waals surface area contributed by atoms with Crippen LogP contribution < -0.4 is 19.7 Å². The van der Waals surface area contributed by atoms with Gasteiger partial charge in [0.1, 0.15) is 30.3 Å². The van der Waals surface area contributed by atoms with E-state index in [1.807, 2.05) is 51.1 Å². The highest BCUT2D eigenvalue weighted by Gasteiger charge is 2.49. The molecule has 43 heavy (non-hydrogen) atoms. The molecule has 2 aliphatic heterocycles. The van der Waals surface area contributed by atoms with Crippen LogP contribution in [0.5, 0.6) is 11.5 Å². The Labute approximate surface area is 253 Å². The van der Waals surface area contributed by atoms with Crippen molar-refractivity contribution in [3.63, 3.8) is 0 Å². The summed E-state index contributed by atoms with van der Waals surface area (Å²) in [5.74, 6) is 2.39. The van der Waals surface area contributed by atoms with Gasteiger partial charge in [-0.15, -0.1) is 0 Å². The summed E-state index contributed by atoms with van der Waals surface area (Å²) in [6.45, 7) is 14.2. The number of hydrogen-bond acceptors (Lipinski definition) is 8. The van der Waals surface area contributed by atoms with Crippen LogP contribution in [0, 0.1) is 5.41 Å². The minimum absolute atomic E-state index is 0.0537. The summed E-state index contributed by atoms with van der Waals surface area (Å²) in [5.41, 5.74) is 3.06. The highest BCUT2D eigenvalue weighted by atomic mass is 16.6. The molecule has 9 nitrogen and oxygen atoms in total. The van der Waals surface area contributed by atoms with Crippen molar-refractivity contribution in [3.8, 4) is 11.5 Å². The van der Waals surface area contributed by atoms with Gasteiger partial charge in [-0.2, -0.15) is 0 Å². The normalized spacial score (nSPS) is 20.8. The summed E-state index contributed by atoms with van der Waals surface area (Å²) < 4.78 is 23.0. The summed E-state index contributed by atoms with van der Waals surface area (Å²) in [6.07, 6.45) is 2.79. The average molecular weight is 587 g/mol. The van der Waals surface area contributed by atoms with Crippen molar-refractivity contribution in [3.05, 3.63) is 77.6 Å². The van der Waals surface area contributed by atoms with Crippen LogP contribution in [0.2, 0.25) is 0 Å². The van der Waals surface area contributed by atoms with E-state index in [0.29, 0.717) is 24.9 Å². The molecule has 3 aliphatic rings. The van der Waals surface area contributed by atoms with Crippen LogP contribution in [-0.4, -0.2) is 60.1 Å². The van der Waals surface area contributed by atoms with E-state index in [-0.39, 0.29) is 29.3 Å². The van der Waals surface area contributed by atoms with Crippen molar-refractivity contribution in [2.24, 2.45) is 5.41 Å². The number of benzene rings is 2. The maximum atomic E-state index is 12.0. The van der Waals surface area contributed by atoms with E-state index in [9.17, 15) is 4.79 Å². The fraction of sp³-hybridized carbons (Fsp3) is 0.500. The average Bonchev–Trinajstić information content (AvgIpc) is 2.89. The first-order valence-corrected chi connectivity index (χ1v) is 15.1. The topological polar surface area (TPSA) is 95.0 Å². The van der Waals surface area contributed by atoms with Gasteiger partial charge in [0.05, 0.1) is 24.3 Å². The van der Waals surface area contributed by atoms with Gasteiger partial charge in [-0.3, -0.25) is 0 Å². The van der Waals surface area contributed by atoms with Gasteiger partial charge < -0.3 is 29.2 Å². The van der Waals surface area contributed by atoms with Gasteiger partial charge in [-0.1, -0.05) is 38.1 Å². The Bertz CT molecular complexity index is 1420. The Morgan fingerprint density at radius 1 is 0.930 bits per heavy atom. The fourth-order valence-electron chi connectivity index (χ4n) is 5.73. The van der Waals surface area contributed by atoms with E-state index in [2.05, 4.69) is 53.3 Å². The van der Waals surface area contributed by atoms with E-state index < -0.39 is 0 Å². The van der Waals surface area contributed by atoms with Crippen LogP contribution in [-0.2, 0) is 21.5 Å². The third-order valence-electron chi connectivity index (χ3n) is 8.50. The lowest BCUT2D eigenvalue weighted by molar-refractivity contribution is -0.127. The lowest BCUT2D eigenvalue weighted by Gasteiger charge is -2.54. The second kappa shape index (κ2) is 11.3. The lowest BCUT2D eigenvalue weighted by Crippen LogP contribution is -2.66. The molecule has 1 saturated carbocycles. The molecule has 1 aromatic heterocycles. The molecule has 0 atom stereocenters. The minimum atomic E-state index is -0.373. The number of nitrogens with zero attached hydrogens (tertiary/aromatic N) is 3. The van der Waals surface area contributed by atoms with E-state index >= 15 is 0 Å². The van der Waals surface area contributed by atoms with Crippen molar-refractivity contribution >= 4 is 12.0 Å². The first-order chi connectivity index (χ1) is 20.5. The Balaban J connectivity index is 0.977. The van der Waals surface area contributed by atoms with Gasteiger partial charge >= 0.3 is 6.09 Å². The molecule has 1 N–H and O–H groups in total. The number of amides is 1. The Morgan fingerprint density at radius 2 is 1.56 bits per heavy atom. The number of rotatable bonds is 9. The van der Waals surface area contributed by atoms with E-state index in [1.165, 1.54) is 11.1 Å². The Kier molecular flexibility index (Phi) is 7.71. The predicted molar refractivity (Wildman–Crippen MR) is 164 cm³/mol. The van der Waals surface area contributed by atoms with Gasteiger partial charge in [0.25, 0.3) is 0 Å². The predicted octanol–water partition coefficient (Wildman–Crippen LogP) is 5.65. The quantitative estimate of drug-likeness (QED) is 0.344. The minimum Gasteiger partial charge on any atom is -0.490 e. The third kappa shape index (κ3) is 6.72. The number of aromatic nitrogens is 2. The molecule has 3 heterocycles. The summed E-state index contributed by atoms with van der Waals surface area (Å²) in [7, 11) is 0. The van der Waals surface area contributed by atoms with Gasteiger partial charge in [-0.05, 0) is 62.2 Å². The van der Waals surface area contributed by atoms with Crippen LogP contribution in [0.1, 0.15) is 64.3 Å². The van der Waals surface area contributed by atoms with Crippen molar-refractivity contribution in [2.75, 3.05) is 31.2 Å². The molecule has 228 valence electrons. The number of ether oxygens (including phenoxy) is 4. The number of alkyl carbamates (subject to hydrolysis) is 1. The lowest BCUT2D eigenvalue weighted by atomic mass is 9.78. The van der Waals surface area contributed by atoms with E-state index in [1.54, 1.807) is 6.20 Å². The third-order valence-corrected chi connectivity index (χ3v) is 8.50. The van der Waals surface area contributed by atoms with Crippen LogP contribution in [0.3, 0.4) is 0 Å².